The second-order valence-electron chi connectivity index (χ2n) is 4.19. The van der Waals surface area contributed by atoms with Crippen LogP contribution in [-0.4, -0.2) is 30.6 Å². The van der Waals surface area contributed by atoms with Crippen LogP contribution in [0.1, 0.15) is 17.4 Å². The number of thiophene rings is 1. The molecule has 0 saturated carbocycles. The predicted octanol–water partition coefficient (Wildman–Crippen LogP) is 3.03. The van der Waals surface area contributed by atoms with Gasteiger partial charge in [0.05, 0.1) is 3.79 Å². The third kappa shape index (κ3) is 3.44. The fourth-order valence-electron chi connectivity index (χ4n) is 1.92. The van der Waals surface area contributed by atoms with Gasteiger partial charge in [-0.2, -0.15) is 0 Å². The Morgan fingerprint density at radius 2 is 2.38 bits per heavy atom. The van der Waals surface area contributed by atoms with Gasteiger partial charge in [-0.15, -0.1) is 23.7 Å². The number of nitrogens with zero attached hydrogens (tertiary/aromatic N) is 1. The Morgan fingerprint density at radius 3 is 2.94 bits per heavy atom. The van der Waals surface area contributed by atoms with Gasteiger partial charge in [0.1, 0.15) is 0 Å². The summed E-state index contributed by atoms with van der Waals surface area (Å²) < 4.78 is 1.28. The van der Waals surface area contributed by atoms with Gasteiger partial charge in [0.15, 0.2) is 0 Å². The second kappa shape index (κ2) is 6.36. The van der Waals surface area contributed by atoms with Crippen LogP contribution < -0.4 is 5.32 Å². The van der Waals surface area contributed by atoms with Crippen LogP contribution in [0, 0.1) is 6.92 Å². The molecule has 1 aromatic rings. The van der Waals surface area contributed by atoms with E-state index < -0.39 is 0 Å². The molecule has 1 aromatic heterocycles. The summed E-state index contributed by atoms with van der Waals surface area (Å²) in [5.74, 6) is 0. The monoisotopic (exact) mass is 324 g/mol. The number of piperazine rings is 1. The minimum Gasteiger partial charge on any atom is -0.314 e. The standard InChI is InChI=1S/C11H17BrN2S.ClH/c1-8-5-10(15-11(8)12)7-14-4-3-13-6-9(14)2;/h5,9,13H,3-4,6-7H2,1-2H3;1H/t9-;/m0./s1. The first kappa shape index (κ1) is 14.5. The van der Waals surface area contributed by atoms with Crippen molar-refractivity contribution in [3.8, 4) is 0 Å². The summed E-state index contributed by atoms with van der Waals surface area (Å²) >= 11 is 5.45. The van der Waals surface area contributed by atoms with Gasteiger partial charge in [0, 0.05) is 37.1 Å². The van der Waals surface area contributed by atoms with E-state index in [2.05, 4.69) is 46.1 Å². The molecule has 0 aromatic carbocycles. The number of halogens is 2. The molecule has 2 nitrogen and oxygen atoms in total. The Hall–Kier alpha value is 0.390. The molecular formula is C11H18BrClN2S. The maximum Gasteiger partial charge on any atom is 0.0730 e. The molecule has 1 saturated heterocycles. The van der Waals surface area contributed by atoms with Gasteiger partial charge in [-0.25, -0.2) is 0 Å². The maximum atomic E-state index is 3.58. The van der Waals surface area contributed by atoms with E-state index in [1.54, 1.807) is 0 Å². The molecule has 2 heterocycles. The number of hydrogen-bond acceptors (Lipinski definition) is 3. The van der Waals surface area contributed by atoms with Gasteiger partial charge in [-0.05, 0) is 41.4 Å². The Balaban J connectivity index is 0.00000128. The van der Waals surface area contributed by atoms with Crippen LogP contribution in [0.4, 0.5) is 0 Å². The first-order valence-corrected chi connectivity index (χ1v) is 6.97. The van der Waals surface area contributed by atoms with E-state index in [9.17, 15) is 0 Å². The van der Waals surface area contributed by atoms with E-state index in [-0.39, 0.29) is 12.4 Å². The molecule has 0 radical (unpaired) electrons. The smallest absolute Gasteiger partial charge is 0.0730 e. The van der Waals surface area contributed by atoms with Gasteiger partial charge in [0.2, 0.25) is 0 Å². The fourth-order valence-corrected chi connectivity index (χ4v) is 3.57. The molecule has 5 heteroatoms. The summed E-state index contributed by atoms with van der Waals surface area (Å²) in [6, 6.07) is 2.95. The van der Waals surface area contributed by atoms with Crippen molar-refractivity contribution in [1.82, 2.24) is 10.2 Å². The van der Waals surface area contributed by atoms with Crippen LogP contribution in [0.15, 0.2) is 9.85 Å². The Bertz CT molecular complexity index is 323. The van der Waals surface area contributed by atoms with E-state index in [4.69, 9.17) is 0 Å². The van der Waals surface area contributed by atoms with Crippen molar-refractivity contribution in [2.45, 2.75) is 26.4 Å². The molecule has 0 amide bonds. The summed E-state index contributed by atoms with van der Waals surface area (Å²) in [5.41, 5.74) is 1.36. The van der Waals surface area contributed by atoms with Crippen LogP contribution in [0.2, 0.25) is 0 Å². The summed E-state index contributed by atoms with van der Waals surface area (Å²) in [7, 11) is 0. The lowest BCUT2D eigenvalue weighted by atomic mass is 10.2. The molecule has 0 bridgehead atoms. The highest BCUT2D eigenvalue weighted by Crippen LogP contribution is 2.28. The number of aryl methyl sites for hydroxylation is 1. The van der Waals surface area contributed by atoms with Crippen molar-refractivity contribution >= 4 is 39.7 Å². The molecule has 0 spiro atoms. The molecule has 1 aliphatic rings. The first-order valence-electron chi connectivity index (χ1n) is 5.36. The lowest BCUT2D eigenvalue weighted by molar-refractivity contribution is 0.167. The highest BCUT2D eigenvalue weighted by Gasteiger charge is 2.18. The molecule has 1 aliphatic heterocycles. The van der Waals surface area contributed by atoms with Crippen molar-refractivity contribution < 1.29 is 0 Å². The van der Waals surface area contributed by atoms with Crippen LogP contribution in [-0.2, 0) is 6.54 Å². The summed E-state index contributed by atoms with van der Waals surface area (Å²) in [6.45, 7) is 8.95. The Labute approximate surface area is 116 Å². The summed E-state index contributed by atoms with van der Waals surface area (Å²) in [6.07, 6.45) is 0. The largest absolute Gasteiger partial charge is 0.314 e. The SMILES string of the molecule is Cc1cc(CN2CCNC[C@@H]2C)sc1Br.Cl. The van der Waals surface area contributed by atoms with Gasteiger partial charge in [0.25, 0.3) is 0 Å². The minimum absolute atomic E-state index is 0. The van der Waals surface area contributed by atoms with Crippen LogP contribution in [0.3, 0.4) is 0 Å². The third-order valence-corrected chi connectivity index (χ3v) is 5.03. The maximum absolute atomic E-state index is 3.58. The van der Waals surface area contributed by atoms with Crippen molar-refractivity contribution in [1.29, 1.82) is 0 Å². The minimum atomic E-state index is 0. The molecule has 92 valence electrons. The van der Waals surface area contributed by atoms with Gasteiger partial charge in [-0.1, -0.05) is 0 Å². The highest BCUT2D eigenvalue weighted by molar-refractivity contribution is 9.11. The van der Waals surface area contributed by atoms with Crippen LogP contribution in [0.25, 0.3) is 0 Å². The molecule has 0 unspecified atom stereocenters. The molecule has 1 N–H and O–H groups in total. The molecule has 0 aliphatic carbocycles. The second-order valence-corrected chi connectivity index (χ2v) is 6.65. The summed E-state index contributed by atoms with van der Waals surface area (Å²) in [5, 5.41) is 3.42. The highest BCUT2D eigenvalue weighted by atomic mass is 79.9. The van der Waals surface area contributed by atoms with Crippen molar-refractivity contribution in [3.05, 3.63) is 20.3 Å². The van der Waals surface area contributed by atoms with Gasteiger partial charge >= 0.3 is 0 Å². The fraction of sp³-hybridized carbons (Fsp3) is 0.636. The first-order chi connectivity index (χ1) is 7.16. The van der Waals surface area contributed by atoms with E-state index in [0.29, 0.717) is 6.04 Å². The Kier molecular flexibility index (Phi) is 5.74. The third-order valence-electron chi connectivity index (χ3n) is 2.91. The molecular weight excluding hydrogens is 308 g/mol. The van der Waals surface area contributed by atoms with E-state index in [1.165, 1.54) is 14.2 Å². The normalized spacial score (nSPS) is 21.8. The zero-order valence-corrected chi connectivity index (χ0v) is 12.8. The van der Waals surface area contributed by atoms with E-state index >= 15 is 0 Å². The molecule has 16 heavy (non-hydrogen) atoms. The predicted molar refractivity (Wildman–Crippen MR) is 76.7 cm³/mol. The van der Waals surface area contributed by atoms with Crippen LogP contribution >= 0.6 is 39.7 Å². The molecule has 2 rings (SSSR count). The van der Waals surface area contributed by atoms with Crippen molar-refractivity contribution in [2.75, 3.05) is 19.6 Å². The average molecular weight is 326 g/mol. The van der Waals surface area contributed by atoms with Gasteiger partial charge < -0.3 is 5.32 Å². The zero-order valence-electron chi connectivity index (χ0n) is 9.62. The molecule has 1 fully saturated rings. The van der Waals surface area contributed by atoms with Gasteiger partial charge in [-0.3, -0.25) is 4.90 Å². The van der Waals surface area contributed by atoms with E-state index in [0.717, 1.165) is 26.2 Å². The lowest BCUT2D eigenvalue weighted by Crippen LogP contribution is -2.49. The lowest BCUT2D eigenvalue weighted by Gasteiger charge is -2.33. The van der Waals surface area contributed by atoms with E-state index in [1.807, 2.05) is 11.3 Å². The average Bonchev–Trinajstić information content (AvgIpc) is 2.50. The van der Waals surface area contributed by atoms with Crippen LogP contribution in [0.5, 0.6) is 0 Å². The zero-order chi connectivity index (χ0) is 10.8. The number of nitrogens with one attached hydrogen (secondary N) is 1. The topological polar surface area (TPSA) is 15.3 Å². The Morgan fingerprint density at radius 1 is 1.62 bits per heavy atom. The quantitative estimate of drug-likeness (QED) is 0.899. The van der Waals surface area contributed by atoms with Crippen molar-refractivity contribution in [2.24, 2.45) is 0 Å². The summed E-state index contributed by atoms with van der Waals surface area (Å²) in [4.78, 5) is 4.02. The molecule has 1 atom stereocenters. The van der Waals surface area contributed by atoms with Crippen molar-refractivity contribution in [3.63, 3.8) is 0 Å². The number of rotatable bonds is 2. The number of hydrogen-bond donors (Lipinski definition) is 1.